The van der Waals surface area contributed by atoms with Crippen molar-refractivity contribution in [2.75, 3.05) is 17.2 Å². The van der Waals surface area contributed by atoms with E-state index in [9.17, 15) is 9.59 Å². The SMILES string of the molecule is CC(=O)Nc1ccc(CNCCCC(=O)Nc2ccc(Cl)cc2)cc1. The van der Waals surface area contributed by atoms with Crippen LogP contribution in [0.3, 0.4) is 0 Å². The molecular formula is C19H22ClN3O2. The normalized spacial score (nSPS) is 10.3. The van der Waals surface area contributed by atoms with E-state index in [1.165, 1.54) is 6.92 Å². The Kier molecular flexibility index (Phi) is 7.44. The summed E-state index contributed by atoms with van der Waals surface area (Å²) in [5, 5.41) is 9.52. The molecule has 0 atom stereocenters. The van der Waals surface area contributed by atoms with Crippen LogP contribution in [0.1, 0.15) is 25.3 Å². The molecular weight excluding hydrogens is 338 g/mol. The molecule has 0 unspecified atom stereocenters. The molecule has 0 saturated heterocycles. The minimum atomic E-state index is -0.0808. The van der Waals surface area contributed by atoms with Crippen LogP contribution in [-0.2, 0) is 16.1 Å². The van der Waals surface area contributed by atoms with E-state index in [0.29, 0.717) is 11.4 Å². The maximum Gasteiger partial charge on any atom is 0.224 e. The zero-order valence-corrected chi connectivity index (χ0v) is 14.9. The molecule has 6 heteroatoms. The van der Waals surface area contributed by atoms with Gasteiger partial charge in [-0.05, 0) is 54.9 Å². The van der Waals surface area contributed by atoms with Crippen molar-refractivity contribution in [3.8, 4) is 0 Å². The van der Waals surface area contributed by atoms with Crippen molar-refractivity contribution in [1.82, 2.24) is 5.32 Å². The van der Waals surface area contributed by atoms with Crippen molar-refractivity contribution >= 4 is 34.8 Å². The molecule has 2 amide bonds. The molecule has 132 valence electrons. The maximum atomic E-state index is 11.8. The smallest absolute Gasteiger partial charge is 0.224 e. The third-order valence-corrected chi connectivity index (χ3v) is 3.74. The number of hydrogen-bond donors (Lipinski definition) is 3. The monoisotopic (exact) mass is 359 g/mol. The van der Waals surface area contributed by atoms with Gasteiger partial charge in [-0.1, -0.05) is 23.7 Å². The summed E-state index contributed by atoms with van der Waals surface area (Å²) < 4.78 is 0. The van der Waals surface area contributed by atoms with Crippen molar-refractivity contribution in [2.45, 2.75) is 26.3 Å². The van der Waals surface area contributed by atoms with Gasteiger partial charge in [0.15, 0.2) is 0 Å². The predicted molar refractivity (Wildman–Crippen MR) is 102 cm³/mol. The first kappa shape index (κ1) is 19.0. The lowest BCUT2D eigenvalue weighted by Gasteiger charge is -2.07. The fourth-order valence-electron chi connectivity index (χ4n) is 2.27. The van der Waals surface area contributed by atoms with E-state index >= 15 is 0 Å². The first-order valence-corrected chi connectivity index (χ1v) is 8.53. The molecule has 0 aliphatic carbocycles. The lowest BCUT2D eigenvalue weighted by molar-refractivity contribution is -0.116. The molecule has 0 radical (unpaired) electrons. The van der Waals surface area contributed by atoms with Crippen LogP contribution < -0.4 is 16.0 Å². The summed E-state index contributed by atoms with van der Waals surface area (Å²) in [5.41, 5.74) is 2.66. The topological polar surface area (TPSA) is 70.2 Å². The molecule has 2 aromatic carbocycles. The van der Waals surface area contributed by atoms with E-state index < -0.39 is 0 Å². The fraction of sp³-hybridized carbons (Fsp3) is 0.263. The summed E-state index contributed by atoms with van der Waals surface area (Å²) in [6.07, 6.45) is 1.21. The Morgan fingerprint density at radius 2 is 1.52 bits per heavy atom. The second kappa shape index (κ2) is 9.81. The van der Waals surface area contributed by atoms with Gasteiger partial charge >= 0.3 is 0 Å². The zero-order valence-electron chi connectivity index (χ0n) is 14.1. The van der Waals surface area contributed by atoms with Crippen molar-refractivity contribution < 1.29 is 9.59 Å². The maximum absolute atomic E-state index is 11.8. The Balaban J connectivity index is 1.61. The molecule has 0 saturated carbocycles. The van der Waals surface area contributed by atoms with E-state index in [2.05, 4.69) is 16.0 Å². The second-order valence-electron chi connectivity index (χ2n) is 5.71. The van der Waals surface area contributed by atoms with Gasteiger partial charge in [0.1, 0.15) is 0 Å². The number of hydrogen-bond acceptors (Lipinski definition) is 3. The summed E-state index contributed by atoms with van der Waals surface area (Å²) in [6, 6.07) is 14.7. The summed E-state index contributed by atoms with van der Waals surface area (Å²) in [4.78, 5) is 22.8. The highest BCUT2D eigenvalue weighted by molar-refractivity contribution is 6.30. The van der Waals surface area contributed by atoms with Crippen LogP contribution in [-0.4, -0.2) is 18.4 Å². The molecule has 0 aromatic heterocycles. The van der Waals surface area contributed by atoms with Gasteiger partial charge in [0.05, 0.1) is 0 Å². The molecule has 0 aliphatic rings. The van der Waals surface area contributed by atoms with Gasteiger partial charge in [-0.25, -0.2) is 0 Å². The van der Waals surface area contributed by atoms with Crippen molar-refractivity contribution in [3.05, 3.63) is 59.1 Å². The second-order valence-corrected chi connectivity index (χ2v) is 6.15. The molecule has 0 aliphatic heterocycles. The molecule has 25 heavy (non-hydrogen) atoms. The zero-order chi connectivity index (χ0) is 18.1. The van der Waals surface area contributed by atoms with E-state index in [-0.39, 0.29) is 11.8 Å². The average Bonchev–Trinajstić information content (AvgIpc) is 2.58. The number of rotatable bonds is 8. The molecule has 2 aromatic rings. The Morgan fingerprint density at radius 1 is 0.920 bits per heavy atom. The predicted octanol–water partition coefficient (Wildman–Crippen LogP) is 3.81. The van der Waals surface area contributed by atoms with Crippen LogP contribution >= 0.6 is 11.6 Å². The molecule has 0 heterocycles. The van der Waals surface area contributed by atoms with Gasteiger partial charge in [0.2, 0.25) is 11.8 Å². The van der Waals surface area contributed by atoms with Crippen LogP contribution in [0, 0.1) is 0 Å². The van der Waals surface area contributed by atoms with Crippen molar-refractivity contribution in [2.24, 2.45) is 0 Å². The largest absolute Gasteiger partial charge is 0.326 e. The third-order valence-electron chi connectivity index (χ3n) is 3.49. The Morgan fingerprint density at radius 3 is 2.16 bits per heavy atom. The minimum Gasteiger partial charge on any atom is -0.326 e. The van der Waals surface area contributed by atoms with Crippen LogP contribution in [0.15, 0.2) is 48.5 Å². The molecule has 5 nitrogen and oxygen atoms in total. The molecule has 0 spiro atoms. The summed E-state index contributed by atoms with van der Waals surface area (Å²) >= 11 is 5.81. The summed E-state index contributed by atoms with van der Waals surface area (Å²) in [5.74, 6) is -0.0912. The van der Waals surface area contributed by atoms with Gasteiger partial charge < -0.3 is 16.0 Å². The summed E-state index contributed by atoms with van der Waals surface area (Å²) in [6.45, 7) is 2.96. The van der Waals surface area contributed by atoms with E-state index in [4.69, 9.17) is 11.6 Å². The van der Waals surface area contributed by atoms with E-state index in [0.717, 1.165) is 36.4 Å². The van der Waals surface area contributed by atoms with E-state index in [1.54, 1.807) is 24.3 Å². The number of benzene rings is 2. The first-order chi connectivity index (χ1) is 12.0. The van der Waals surface area contributed by atoms with Gasteiger partial charge in [-0.2, -0.15) is 0 Å². The molecule has 0 bridgehead atoms. The number of carbonyl (C=O) groups excluding carboxylic acids is 2. The van der Waals surface area contributed by atoms with E-state index in [1.807, 2.05) is 24.3 Å². The quantitative estimate of drug-likeness (QED) is 0.628. The molecule has 0 fully saturated rings. The lowest BCUT2D eigenvalue weighted by Crippen LogP contribution is -2.18. The lowest BCUT2D eigenvalue weighted by atomic mass is 10.2. The number of amides is 2. The number of halogens is 1. The number of anilines is 2. The standard InChI is InChI=1S/C19H22ClN3O2/c1-14(24)22-17-8-4-15(5-9-17)13-21-12-2-3-19(25)23-18-10-6-16(20)7-11-18/h4-11,21H,2-3,12-13H2,1H3,(H,22,24)(H,23,25). The number of nitrogens with one attached hydrogen (secondary N) is 3. The van der Waals surface area contributed by atoms with Crippen molar-refractivity contribution in [3.63, 3.8) is 0 Å². The third kappa shape index (κ3) is 7.37. The highest BCUT2D eigenvalue weighted by Gasteiger charge is 2.02. The van der Waals surface area contributed by atoms with Crippen molar-refractivity contribution in [1.29, 1.82) is 0 Å². The highest BCUT2D eigenvalue weighted by Crippen LogP contribution is 2.13. The van der Waals surface area contributed by atoms with Crippen LogP contribution in [0.5, 0.6) is 0 Å². The van der Waals surface area contributed by atoms with Gasteiger partial charge in [-0.3, -0.25) is 9.59 Å². The first-order valence-electron chi connectivity index (χ1n) is 8.15. The van der Waals surface area contributed by atoms with Gasteiger partial charge in [0, 0.05) is 36.3 Å². The minimum absolute atomic E-state index is 0.0104. The van der Waals surface area contributed by atoms with Crippen LogP contribution in [0.2, 0.25) is 5.02 Å². The fourth-order valence-corrected chi connectivity index (χ4v) is 2.40. The van der Waals surface area contributed by atoms with Crippen LogP contribution in [0.4, 0.5) is 11.4 Å². The Bertz CT molecular complexity index is 700. The molecule has 2 rings (SSSR count). The average molecular weight is 360 g/mol. The van der Waals surface area contributed by atoms with Gasteiger partial charge in [0.25, 0.3) is 0 Å². The highest BCUT2D eigenvalue weighted by atomic mass is 35.5. The Labute approximate surface area is 152 Å². The van der Waals surface area contributed by atoms with Gasteiger partial charge in [-0.15, -0.1) is 0 Å². The number of carbonyl (C=O) groups is 2. The molecule has 3 N–H and O–H groups in total. The summed E-state index contributed by atoms with van der Waals surface area (Å²) in [7, 11) is 0. The Hall–Kier alpha value is -2.37. The van der Waals surface area contributed by atoms with Crippen LogP contribution in [0.25, 0.3) is 0 Å².